The summed E-state index contributed by atoms with van der Waals surface area (Å²) in [4.78, 5) is 25.3. The minimum absolute atomic E-state index is 0.159. The number of nitrogens with one attached hydrogen (secondary N) is 1. The standard InChI is InChI=1S/C24H31NO5/c1-15(2)14-21(24(28)30-5)25-23(27)16(3)22(17-6-10-19(26)11-7-17)18-8-12-20(29-4)13-9-18/h6-13,15-16,21-22,26H,14H2,1-5H3,(H,25,27)/t16-,21+,22?/m1/s1. The van der Waals surface area contributed by atoms with Crippen LogP contribution in [0.2, 0.25) is 0 Å². The summed E-state index contributed by atoms with van der Waals surface area (Å²) in [7, 11) is 2.92. The van der Waals surface area contributed by atoms with E-state index in [0.717, 1.165) is 16.9 Å². The number of phenolic OH excluding ortho intramolecular Hbond substituents is 1. The Kier molecular flexibility index (Phi) is 8.27. The minimum atomic E-state index is -0.693. The molecule has 0 aromatic heterocycles. The summed E-state index contributed by atoms with van der Waals surface area (Å²) < 4.78 is 10.1. The zero-order valence-corrected chi connectivity index (χ0v) is 18.2. The summed E-state index contributed by atoms with van der Waals surface area (Å²) in [6, 6.07) is 13.7. The molecule has 0 bridgehead atoms. The zero-order valence-electron chi connectivity index (χ0n) is 18.2. The van der Waals surface area contributed by atoms with Crippen molar-refractivity contribution >= 4 is 11.9 Å². The van der Waals surface area contributed by atoms with E-state index in [4.69, 9.17) is 9.47 Å². The lowest BCUT2D eigenvalue weighted by Crippen LogP contribution is -2.45. The molecule has 6 heteroatoms. The highest BCUT2D eigenvalue weighted by Gasteiger charge is 2.31. The van der Waals surface area contributed by atoms with Crippen LogP contribution in [0.15, 0.2) is 48.5 Å². The minimum Gasteiger partial charge on any atom is -0.508 e. The molecule has 2 aromatic rings. The maximum Gasteiger partial charge on any atom is 0.328 e. The van der Waals surface area contributed by atoms with E-state index in [-0.39, 0.29) is 23.5 Å². The Bertz CT molecular complexity index is 830. The largest absolute Gasteiger partial charge is 0.508 e. The maximum atomic E-state index is 13.1. The first kappa shape index (κ1) is 23.3. The van der Waals surface area contributed by atoms with E-state index >= 15 is 0 Å². The van der Waals surface area contributed by atoms with Crippen LogP contribution >= 0.6 is 0 Å². The number of esters is 1. The molecule has 30 heavy (non-hydrogen) atoms. The molecule has 0 aliphatic carbocycles. The first-order chi connectivity index (χ1) is 14.3. The van der Waals surface area contributed by atoms with Gasteiger partial charge in [-0.1, -0.05) is 45.0 Å². The van der Waals surface area contributed by atoms with E-state index in [1.54, 1.807) is 31.4 Å². The number of hydrogen-bond acceptors (Lipinski definition) is 5. The summed E-state index contributed by atoms with van der Waals surface area (Å²) >= 11 is 0. The number of methoxy groups -OCH3 is 2. The molecule has 0 radical (unpaired) electrons. The highest BCUT2D eigenvalue weighted by Crippen LogP contribution is 2.34. The number of aromatic hydroxyl groups is 1. The summed E-state index contributed by atoms with van der Waals surface area (Å²) in [5.41, 5.74) is 1.82. The number of hydrogen-bond donors (Lipinski definition) is 2. The van der Waals surface area contributed by atoms with Crippen molar-refractivity contribution < 1.29 is 24.2 Å². The van der Waals surface area contributed by atoms with Crippen LogP contribution in [-0.4, -0.2) is 37.2 Å². The summed E-state index contributed by atoms with van der Waals surface area (Å²) in [6.45, 7) is 5.81. The van der Waals surface area contributed by atoms with Gasteiger partial charge in [-0.3, -0.25) is 4.79 Å². The van der Waals surface area contributed by atoms with Crippen LogP contribution in [0.5, 0.6) is 11.5 Å². The van der Waals surface area contributed by atoms with E-state index in [1.807, 2.05) is 45.0 Å². The second-order valence-corrected chi connectivity index (χ2v) is 7.84. The monoisotopic (exact) mass is 413 g/mol. The van der Waals surface area contributed by atoms with Crippen LogP contribution in [0, 0.1) is 11.8 Å². The first-order valence-electron chi connectivity index (χ1n) is 10.1. The third kappa shape index (κ3) is 5.99. The molecular weight excluding hydrogens is 382 g/mol. The van der Waals surface area contributed by atoms with Gasteiger partial charge in [-0.05, 0) is 47.7 Å². The smallest absolute Gasteiger partial charge is 0.328 e. The SMILES string of the molecule is COC(=O)[C@H](CC(C)C)NC(=O)[C@H](C)C(c1ccc(O)cc1)c1ccc(OC)cc1. The molecule has 1 unspecified atom stereocenters. The molecule has 0 spiro atoms. The lowest BCUT2D eigenvalue weighted by Gasteiger charge is -2.27. The van der Waals surface area contributed by atoms with E-state index in [1.165, 1.54) is 7.11 Å². The fourth-order valence-electron chi connectivity index (χ4n) is 3.54. The Balaban J connectivity index is 2.34. The molecule has 0 saturated heterocycles. The quantitative estimate of drug-likeness (QED) is 0.610. The van der Waals surface area contributed by atoms with Gasteiger partial charge >= 0.3 is 5.97 Å². The molecule has 0 aliphatic rings. The summed E-state index contributed by atoms with van der Waals surface area (Å²) in [5, 5.41) is 12.5. The number of rotatable bonds is 9. The Hall–Kier alpha value is -3.02. The van der Waals surface area contributed by atoms with E-state index in [9.17, 15) is 14.7 Å². The molecule has 2 N–H and O–H groups in total. The third-order valence-corrected chi connectivity index (χ3v) is 5.15. The van der Waals surface area contributed by atoms with Gasteiger partial charge in [-0.25, -0.2) is 4.79 Å². The molecule has 0 aliphatic heterocycles. The lowest BCUT2D eigenvalue weighted by atomic mass is 9.81. The van der Waals surface area contributed by atoms with Crippen LogP contribution in [0.1, 0.15) is 44.2 Å². The molecule has 0 saturated carbocycles. The van der Waals surface area contributed by atoms with E-state index < -0.39 is 17.9 Å². The third-order valence-electron chi connectivity index (χ3n) is 5.15. The van der Waals surface area contributed by atoms with E-state index in [0.29, 0.717) is 6.42 Å². The summed E-state index contributed by atoms with van der Waals surface area (Å²) in [5.74, 6) is -0.319. The molecule has 2 aromatic carbocycles. The number of carbonyl (C=O) groups is 2. The van der Waals surface area contributed by atoms with Gasteiger partial charge < -0.3 is 19.9 Å². The van der Waals surface area contributed by atoms with Crippen molar-refractivity contribution in [2.75, 3.05) is 14.2 Å². The Morgan fingerprint density at radius 2 is 1.47 bits per heavy atom. The van der Waals surface area contributed by atoms with Crippen molar-refractivity contribution in [1.82, 2.24) is 5.32 Å². The molecule has 3 atom stereocenters. The molecule has 0 heterocycles. The number of benzene rings is 2. The van der Waals surface area contributed by atoms with Crippen LogP contribution in [0.3, 0.4) is 0 Å². The second kappa shape index (κ2) is 10.7. The van der Waals surface area contributed by atoms with Gasteiger partial charge in [0.25, 0.3) is 0 Å². The first-order valence-corrected chi connectivity index (χ1v) is 10.1. The topological polar surface area (TPSA) is 84.9 Å². The molecule has 6 nitrogen and oxygen atoms in total. The predicted molar refractivity (Wildman–Crippen MR) is 116 cm³/mol. The van der Waals surface area contributed by atoms with Gasteiger partial charge in [-0.15, -0.1) is 0 Å². The zero-order chi connectivity index (χ0) is 22.3. The number of phenols is 1. The van der Waals surface area contributed by atoms with Gasteiger partial charge in [0.15, 0.2) is 0 Å². The van der Waals surface area contributed by atoms with Crippen molar-refractivity contribution in [3.05, 3.63) is 59.7 Å². The highest BCUT2D eigenvalue weighted by atomic mass is 16.5. The van der Waals surface area contributed by atoms with Crippen LogP contribution in [-0.2, 0) is 14.3 Å². The van der Waals surface area contributed by atoms with Gasteiger partial charge in [-0.2, -0.15) is 0 Å². The van der Waals surface area contributed by atoms with Crippen LogP contribution in [0.4, 0.5) is 0 Å². The second-order valence-electron chi connectivity index (χ2n) is 7.84. The van der Waals surface area contributed by atoms with Crippen molar-refractivity contribution in [3.8, 4) is 11.5 Å². The van der Waals surface area contributed by atoms with Gasteiger partial charge in [0, 0.05) is 11.8 Å². The van der Waals surface area contributed by atoms with Crippen molar-refractivity contribution in [2.24, 2.45) is 11.8 Å². The Labute approximate surface area is 178 Å². The van der Waals surface area contributed by atoms with Crippen molar-refractivity contribution in [3.63, 3.8) is 0 Å². The molecule has 1 amide bonds. The number of carbonyl (C=O) groups excluding carboxylic acids is 2. The van der Waals surface area contributed by atoms with Crippen LogP contribution in [0.25, 0.3) is 0 Å². The van der Waals surface area contributed by atoms with Crippen molar-refractivity contribution in [2.45, 2.75) is 39.2 Å². The Morgan fingerprint density at radius 3 is 1.93 bits per heavy atom. The maximum absolute atomic E-state index is 13.1. The van der Waals surface area contributed by atoms with Crippen molar-refractivity contribution in [1.29, 1.82) is 0 Å². The summed E-state index contributed by atoms with van der Waals surface area (Å²) in [6.07, 6.45) is 0.498. The van der Waals surface area contributed by atoms with Gasteiger partial charge in [0.05, 0.1) is 14.2 Å². The number of amides is 1. The average Bonchev–Trinajstić information content (AvgIpc) is 2.74. The molecule has 162 valence electrons. The van der Waals surface area contributed by atoms with Gasteiger partial charge in [0.1, 0.15) is 17.5 Å². The van der Waals surface area contributed by atoms with Crippen LogP contribution < -0.4 is 10.1 Å². The Morgan fingerprint density at radius 1 is 0.933 bits per heavy atom. The predicted octanol–water partition coefficient (Wildman–Crippen LogP) is 3.87. The fourth-order valence-corrected chi connectivity index (χ4v) is 3.54. The highest BCUT2D eigenvalue weighted by molar-refractivity contribution is 5.86. The van der Waals surface area contributed by atoms with Gasteiger partial charge in [0.2, 0.25) is 5.91 Å². The van der Waals surface area contributed by atoms with E-state index in [2.05, 4.69) is 5.32 Å². The lowest BCUT2D eigenvalue weighted by molar-refractivity contribution is -0.146. The number of ether oxygens (including phenoxy) is 2. The fraction of sp³-hybridized carbons (Fsp3) is 0.417. The molecular formula is C24H31NO5. The normalized spacial score (nSPS) is 13.9. The molecule has 2 rings (SSSR count). The molecule has 0 fully saturated rings. The average molecular weight is 414 g/mol.